The number of aliphatic hydroxyl groups excluding tert-OH is 2. The largest absolute Gasteiger partial charge is 0.444 e. The zero-order chi connectivity index (χ0) is 19.4. The SMILES string of the molecule is CC(C)(C)OC(=O)NCCC(O)C(O)c1ccc(Cl)c(C(F)(F)F)c1. The summed E-state index contributed by atoms with van der Waals surface area (Å²) < 4.78 is 43.5. The summed E-state index contributed by atoms with van der Waals surface area (Å²) in [4.78, 5) is 11.5. The lowest BCUT2D eigenvalue weighted by Crippen LogP contribution is -2.34. The number of ether oxygens (including phenoxy) is 1. The van der Waals surface area contributed by atoms with E-state index in [0.29, 0.717) is 6.07 Å². The average Bonchev–Trinajstić information content (AvgIpc) is 2.43. The molecule has 0 heterocycles. The number of carbonyl (C=O) groups excluding carboxylic acids is 1. The quantitative estimate of drug-likeness (QED) is 0.725. The van der Waals surface area contributed by atoms with Crippen LogP contribution < -0.4 is 5.32 Å². The monoisotopic (exact) mass is 383 g/mol. The van der Waals surface area contributed by atoms with Gasteiger partial charge < -0.3 is 20.3 Å². The Bertz CT molecular complexity index is 602. The summed E-state index contributed by atoms with van der Waals surface area (Å²) in [5.74, 6) is 0. The van der Waals surface area contributed by atoms with Crippen molar-refractivity contribution in [1.29, 1.82) is 0 Å². The topological polar surface area (TPSA) is 78.8 Å². The molecule has 1 aromatic rings. The third kappa shape index (κ3) is 7.09. The first-order valence-electron chi connectivity index (χ1n) is 7.51. The highest BCUT2D eigenvalue weighted by atomic mass is 35.5. The lowest BCUT2D eigenvalue weighted by molar-refractivity contribution is -0.137. The molecule has 1 aromatic carbocycles. The average molecular weight is 384 g/mol. The first-order chi connectivity index (χ1) is 11.3. The highest BCUT2D eigenvalue weighted by Crippen LogP contribution is 2.36. The van der Waals surface area contributed by atoms with E-state index in [-0.39, 0.29) is 18.5 Å². The van der Waals surface area contributed by atoms with Gasteiger partial charge >= 0.3 is 12.3 Å². The Balaban J connectivity index is 2.65. The first kappa shape index (κ1) is 21.5. The van der Waals surface area contributed by atoms with Crippen molar-refractivity contribution in [1.82, 2.24) is 5.32 Å². The maximum atomic E-state index is 12.8. The highest BCUT2D eigenvalue weighted by molar-refractivity contribution is 6.31. The minimum absolute atomic E-state index is 0.0210. The number of carbonyl (C=O) groups is 1. The molecule has 0 saturated heterocycles. The lowest BCUT2D eigenvalue weighted by atomic mass is 10.00. The Morgan fingerprint density at radius 3 is 2.40 bits per heavy atom. The molecule has 0 bridgehead atoms. The molecule has 0 fully saturated rings. The van der Waals surface area contributed by atoms with E-state index in [4.69, 9.17) is 16.3 Å². The number of hydrogen-bond donors (Lipinski definition) is 3. The number of rotatable bonds is 5. The van der Waals surface area contributed by atoms with Crippen LogP contribution in [0.4, 0.5) is 18.0 Å². The van der Waals surface area contributed by atoms with Gasteiger partial charge in [-0.05, 0) is 44.9 Å². The number of benzene rings is 1. The Morgan fingerprint density at radius 1 is 1.28 bits per heavy atom. The van der Waals surface area contributed by atoms with Crippen LogP contribution in [0.2, 0.25) is 5.02 Å². The number of hydrogen-bond acceptors (Lipinski definition) is 4. The van der Waals surface area contributed by atoms with Crippen molar-refractivity contribution in [3.63, 3.8) is 0 Å². The molecule has 5 nitrogen and oxygen atoms in total. The van der Waals surface area contributed by atoms with E-state index in [1.807, 2.05) is 0 Å². The van der Waals surface area contributed by atoms with E-state index >= 15 is 0 Å². The molecule has 0 radical (unpaired) electrons. The van der Waals surface area contributed by atoms with E-state index in [9.17, 15) is 28.2 Å². The van der Waals surface area contributed by atoms with Gasteiger partial charge in [0.25, 0.3) is 0 Å². The normalized spacial score (nSPS) is 14.8. The molecule has 9 heteroatoms. The molecule has 0 aliphatic heterocycles. The summed E-state index contributed by atoms with van der Waals surface area (Å²) in [6.07, 6.45) is -8.38. The van der Waals surface area contributed by atoms with Crippen LogP contribution in [0.3, 0.4) is 0 Å². The second-order valence-electron chi connectivity index (χ2n) is 6.47. The van der Waals surface area contributed by atoms with Gasteiger partial charge in [0, 0.05) is 6.54 Å². The third-order valence-corrected chi connectivity index (χ3v) is 3.44. The van der Waals surface area contributed by atoms with Crippen molar-refractivity contribution in [3.05, 3.63) is 34.3 Å². The minimum Gasteiger partial charge on any atom is -0.444 e. The third-order valence-electron chi connectivity index (χ3n) is 3.11. The zero-order valence-electron chi connectivity index (χ0n) is 14.0. The second kappa shape index (κ2) is 8.25. The van der Waals surface area contributed by atoms with E-state index in [1.165, 1.54) is 6.07 Å². The van der Waals surface area contributed by atoms with E-state index in [1.54, 1.807) is 20.8 Å². The fourth-order valence-electron chi connectivity index (χ4n) is 1.96. The van der Waals surface area contributed by atoms with Gasteiger partial charge in [-0.15, -0.1) is 0 Å². The van der Waals surface area contributed by atoms with Gasteiger partial charge in [-0.25, -0.2) is 4.79 Å². The van der Waals surface area contributed by atoms with Crippen molar-refractivity contribution in [2.24, 2.45) is 0 Å². The molecule has 2 atom stereocenters. The number of nitrogens with one attached hydrogen (secondary N) is 1. The Hall–Kier alpha value is -1.51. The molecule has 0 aromatic heterocycles. The van der Waals surface area contributed by atoms with Gasteiger partial charge in [0.1, 0.15) is 11.7 Å². The number of halogens is 4. The molecule has 142 valence electrons. The van der Waals surface area contributed by atoms with Crippen LogP contribution in [-0.4, -0.2) is 34.6 Å². The van der Waals surface area contributed by atoms with E-state index in [0.717, 1.165) is 6.07 Å². The summed E-state index contributed by atoms with van der Waals surface area (Å²) >= 11 is 5.51. The summed E-state index contributed by atoms with van der Waals surface area (Å²) in [6.45, 7) is 5.03. The predicted octanol–water partition coefficient (Wildman–Crippen LogP) is 3.67. The number of alkyl halides is 3. The fourth-order valence-corrected chi connectivity index (χ4v) is 2.19. The molecular weight excluding hydrogens is 363 g/mol. The van der Waals surface area contributed by atoms with Crippen LogP contribution >= 0.6 is 11.6 Å². The highest BCUT2D eigenvalue weighted by Gasteiger charge is 2.34. The van der Waals surface area contributed by atoms with Gasteiger partial charge in [0.15, 0.2) is 0 Å². The summed E-state index contributed by atoms with van der Waals surface area (Å²) in [5.41, 5.74) is -1.90. The van der Waals surface area contributed by atoms with Crippen molar-refractivity contribution in [2.45, 2.75) is 51.2 Å². The zero-order valence-corrected chi connectivity index (χ0v) is 14.8. The molecular formula is C16H21ClF3NO4. The number of amides is 1. The van der Waals surface area contributed by atoms with E-state index < -0.39 is 40.7 Å². The van der Waals surface area contributed by atoms with Crippen LogP contribution in [0, 0.1) is 0 Å². The number of alkyl carbamates (subject to hydrolysis) is 1. The van der Waals surface area contributed by atoms with Crippen LogP contribution in [-0.2, 0) is 10.9 Å². The molecule has 0 saturated carbocycles. The maximum absolute atomic E-state index is 12.8. The molecule has 0 spiro atoms. The first-order valence-corrected chi connectivity index (χ1v) is 7.88. The fraction of sp³-hybridized carbons (Fsp3) is 0.562. The summed E-state index contributed by atoms with van der Waals surface area (Å²) in [5, 5.41) is 21.8. The molecule has 25 heavy (non-hydrogen) atoms. The summed E-state index contributed by atoms with van der Waals surface area (Å²) in [7, 11) is 0. The Morgan fingerprint density at radius 2 is 1.88 bits per heavy atom. The van der Waals surface area contributed by atoms with Gasteiger partial charge in [-0.3, -0.25) is 0 Å². The van der Waals surface area contributed by atoms with Crippen LogP contribution in [0.15, 0.2) is 18.2 Å². The molecule has 1 rings (SSSR count). The van der Waals surface area contributed by atoms with E-state index in [2.05, 4.69) is 5.32 Å². The van der Waals surface area contributed by atoms with Gasteiger partial charge in [-0.2, -0.15) is 13.2 Å². The van der Waals surface area contributed by atoms with Crippen LogP contribution in [0.5, 0.6) is 0 Å². The second-order valence-corrected chi connectivity index (χ2v) is 6.87. The lowest BCUT2D eigenvalue weighted by Gasteiger charge is -2.22. The molecule has 3 N–H and O–H groups in total. The summed E-state index contributed by atoms with van der Waals surface area (Å²) in [6, 6.07) is 2.90. The smallest absolute Gasteiger partial charge is 0.417 e. The molecule has 0 aliphatic carbocycles. The van der Waals surface area contributed by atoms with Crippen molar-refractivity contribution in [2.75, 3.05) is 6.54 Å². The Kier molecular flexibility index (Phi) is 7.10. The van der Waals surface area contributed by atoms with Crippen molar-refractivity contribution < 1.29 is 32.9 Å². The minimum atomic E-state index is -4.67. The standard InChI is InChI=1S/C16H21ClF3NO4/c1-15(2,3)25-14(24)21-7-6-12(22)13(23)9-4-5-11(17)10(8-9)16(18,19)20/h4-5,8,12-13,22-23H,6-7H2,1-3H3,(H,21,24). The van der Waals surface area contributed by atoms with Gasteiger partial charge in [0.2, 0.25) is 0 Å². The van der Waals surface area contributed by atoms with Gasteiger partial charge in [-0.1, -0.05) is 17.7 Å². The molecule has 1 amide bonds. The molecule has 0 aliphatic rings. The Labute approximate surface area is 148 Å². The van der Waals surface area contributed by atoms with Gasteiger partial charge in [0.05, 0.1) is 16.7 Å². The number of aliphatic hydroxyl groups is 2. The van der Waals surface area contributed by atoms with Crippen molar-refractivity contribution >= 4 is 17.7 Å². The predicted molar refractivity (Wildman–Crippen MR) is 86.3 cm³/mol. The maximum Gasteiger partial charge on any atom is 0.417 e. The van der Waals surface area contributed by atoms with Crippen molar-refractivity contribution in [3.8, 4) is 0 Å². The van der Waals surface area contributed by atoms with Crippen LogP contribution in [0.25, 0.3) is 0 Å². The molecule has 2 unspecified atom stereocenters. The van der Waals surface area contributed by atoms with Crippen LogP contribution in [0.1, 0.15) is 44.4 Å².